The third kappa shape index (κ3) is 3.58. The zero-order valence-electron chi connectivity index (χ0n) is 11.9. The van der Waals surface area contributed by atoms with E-state index >= 15 is 0 Å². The molecule has 112 valence electrons. The normalized spacial score (nSPS) is 10.3. The SMILES string of the molecule is COc1ccc(OCc2cccc(OC)c2F)c(CCl)c1. The Morgan fingerprint density at radius 1 is 1.00 bits per heavy atom. The lowest BCUT2D eigenvalue weighted by Crippen LogP contribution is -2.02. The van der Waals surface area contributed by atoms with E-state index in [0.717, 1.165) is 5.56 Å². The van der Waals surface area contributed by atoms with Crippen LogP contribution in [0.1, 0.15) is 11.1 Å². The van der Waals surface area contributed by atoms with E-state index in [0.29, 0.717) is 17.1 Å². The summed E-state index contributed by atoms with van der Waals surface area (Å²) in [6, 6.07) is 10.3. The van der Waals surface area contributed by atoms with Gasteiger partial charge in [-0.2, -0.15) is 0 Å². The number of hydrogen-bond acceptors (Lipinski definition) is 3. The highest BCUT2D eigenvalue weighted by atomic mass is 35.5. The van der Waals surface area contributed by atoms with Crippen molar-refractivity contribution in [2.75, 3.05) is 14.2 Å². The van der Waals surface area contributed by atoms with Gasteiger partial charge in [-0.1, -0.05) is 12.1 Å². The van der Waals surface area contributed by atoms with Gasteiger partial charge in [0.15, 0.2) is 11.6 Å². The van der Waals surface area contributed by atoms with Crippen LogP contribution in [0.2, 0.25) is 0 Å². The van der Waals surface area contributed by atoms with Crippen molar-refractivity contribution in [1.82, 2.24) is 0 Å². The van der Waals surface area contributed by atoms with E-state index in [1.165, 1.54) is 7.11 Å². The van der Waals surface area contributed by atoms with Crippen molar-refractivity contribution in [3.8, 4) is 17.2 Å². The lowest BCUT2D eigenvalue weighted by molar-refractivity contribution is 0.293. The first-order chi connectivity index (χ1) is 10.2. The molecule has 0 N–H and O–H groups in total. The molecule has 0 fully saturated rings. The largest absolute Gasteiger partial charge is 0.497 e. The van der Waals surface area contributed by atoms with Crippen LogP contribution in [-0.2, 0) is 12.5 Å². The van der Waals surface area contributed by atoms with Crippen molar-refractivity contribution >= 4 is 11.6 Å². The molecule has 0 aromatic heterocycles. The second-order valence-corrected chi connectivity index (χ2v) is 4.60. The Bertz CT molecular complexity index is 616. The molecule has 0 saturated heterocycles. The van der Waals surface area contributed by atoms with Crippen LogP contribution in [0.3, 0.4) is 0 Å². The van der Waals surface area contributed by atoms with E-state index in [9.17, 15) is 4.39 Å². The van der Waals surface area contributed by atoms with E-state index < -0.39 is 5.82 Å². The molecule has 0 spiro atoms. The molecule has 2 aromatic rings. The summed E-state index contributed by atoms with van der Waals surface area (Å²) in [6.45, 7) is 0.0965. The smallest absolute Gasteiger partial charge is 0.171 e. The predicted octanol–water partition coefficient (Wildman–Crippen LogP) is 4.16. The molecule has 0 aliphatic rings. The van der Waals surface area contributed by atoms with Crippen molar-refractivity contribution in [3.05, 3.63) is 53.3 Å². The van der Waals surface area contributed by atoms with Crippen LogP contribution in [0.5, 0.6) is 17.2 Å². The fraction of sp³-hybridized carbons (Fsp3) is 0.250. The van der Waals surface area contributed by atoms with Crippen molar-refractivity contribution in [1.29, 1.82) is 0 Å². The molecule has 0 atom stereocenters. The van der Waals surface area contributed by atoms with Gasteiger partial charge in [0.1, 0.15) is 18.1 Å². The minimum atomic E-state index is -0.416. The Kier molecular flexibility index (Phi) is 5.28. The summed E-state index contributed by atoms with van der Waals surface area (Å²) in [5, 5.41) is 0. The van der Waals surface area contributed by atoms with Gasteiger partial charge in [-0.05, 0) is 24.3 Å². The summed E-state index contributed by atoms with van der Waals surface area (Å²) >= 11 is 5.89. The van der Waals surface area contributed by atoms with Gasteiger partial charge in [0.25, 0.3) is 0 Å². The third-order valence-corrected chi connectivity index (χ3v) is 3.35. The highest BCUT2D eigenvalue weighted by molar-refractivity contribution is 6.17. The van der Waals surface area contributed by atoms with Crippen molar-refractivity contribution in [2.45, 2.75) is 12.5 Å². The fourth-order valence-electron chi connectivity index (χ4n) is 1.91. The molecule has 0 aliphatic heterocycles. The highest BCUT2D eigenvalue weighted by Crippen LogP contribution is 2.27. The van der Waals surface area contributed by atoms with Crippen LogP contribution in [-0.4, -0.2) is 14.2 Å². The average molecular weight is 311 g/mol. The van der Waals surface area contributed by atoms with E-state index in [2.05, 4.69) is 0 Å². The van der Waals surface area contributed by atoms with Gasteiger partial charge in [0.05, 0.1) is 20.1 Å². The van der Waals surface area contributed by atoms with Crippen LogP contribution < -0.4 is 14.2 Å². The predicted molar refractivity (Wildman–Crippen MR) is 79.8 cm³/mol. The number of ether oxygens (including phenoxy) is 3. The summed E-state index contributed by atoms with van der Waals surface area (Å²) in [4.78, 5) is 0. The van der Waals surface area contributed by atoms with E-state index in [-0.39, 0.29) is 18.2 Å². The van der Waals surface area contributed by atoms with Crippen molar-refractivity contribution in [2.24, 2.45) is 0 Å². The molecule has 2 aromatic carbocycles. The Balaban J connectivity index is 2.16. The lowest BCUT2D eigenvalue weighted by Gasteiger charge is -2.12. The fourth-order valence-corrected chi connectivity index (χ4v) is 2.12. The van der Waals surface area contributed by atoms with Crippen LogP contribution >= 0.6 is 11.6 Å². The molecule has 2 rings (SSSR count). The summed E-state index contributed by atoms with van der Waals surface area (Å²) < 4.78 is 29.8. The topological polar surface area (TPSA) is 27.7 Å². The van der Waals surface area contributed by atoms with Crippen molar-refractivity contribution < 1.29 is 18.6 Å². The maximum Gasteiger partial charge on any atom is 0.171 e. The zero-order valence-corrected chi connectivity index (χ0v) is 12.6. The van der Waals surface area contributed by atoms with Crippen LogP contribution in [0.4, 0.5) is 4.39 Å². The van der Waals surface area contributed by atoms with Crippen LogP contribution in [0.15, 0.2) is 36.4 Å². The molecular weight excluding hydrogens is 295 g/mol. The summed E-state index contributed by atoms with van der Waals surface area (Å²) in [5.41, 5.74) is 1.21. The molecule has 0 aliphatic carbocycles. The molecular formula is C16H16ClFO3. The second kappa shape index (κ2) is 7.18. The van der Waals surface area contributed by atoms with Crippen LogP contribution in [0, 0.1) is 5.82 Å². The molecule has 0 amide bonds. The zero-order chi connectivity index (χ0) is 15.2. The van der Waals surface area contributed by atoms with Crippen LogP contribution in [0.25, 0.3) is 0 Å². The molecule has 21 heavy (non-hydrogen) atoms. The monoisotopic (exact) mass is 310 g/mol. The van der Waals surface area contributed by atoms with Gasteiger partial charge in [-0.3, -0.25) is 0 Å². The molecule has 3 nitrogen and oxygen atoms in total. The van der Waals surface area contributed by atoms with Gasteiger partial charge in [0, 0.05) is 11.1 Å². The lowest BCUT2D eigenvalue weighted by atomic mass is 10.2. The minimum absolute atomic E-state index is 0.0965. The molecule has 5 heteroatoms. The molecule has 0 bridgehead atoms. The third-order valence-electron chi connectivity index (χ3n) is 3.06. The van der Waals surface area contributed by atoms with E-state index in [1.807, 2.05) is 0 Å². The maximum atomic E-state index is 14.0. The number of hydrogen-bond donors (Lipinski definition) is 0. The first kappa shape index (κ1) is 15.4. The van der Waals surface area contributed by atoms with E-state index in [1.54, 1.807) is 43.5 Å². The van der Waals surface area contributed by atoms with Gasteiger partial charge in [-0.15, -0.1) is 11.6 Å². The number of alkyl halides is 1. The van der Waals surface area contributed by atoms with Gasteiger partial charge in [-0.25, -0.2) is 4.39 Å². The molecule has 0 unspecified atom stereocenters. The Hall–Kier alpha value is -1.94. The first-order valence-corrected chi connectivity index (χ1v) is 6.90. The summed E-state index contributed by atoms with van der Waals surface area (Å²) in [6.07, 6.45) is 0. The van der Waals surface area contributed by atoms with Crippen molar-refractivity contribution in [3.63, 3.8) is 0 Å². The second-order valence-electron chi connectivity index (χ2n) is 4.33. The Morgan fingerprint density at radius 2 is 1.81 bits per heavy atom. The number of benzene rings is 2. The molecule has 0 saturated carbocycles. The minimum Gasteiger partial charge on any atom is -0.497 e. The quantitative estimate of drug-likeness (QED) is 0.750. The van der Waals surface area contributed by atoms with Gasteiger partial charge >= 0.3 is 0 Å². The number of methoxy groups -OCH3 is 2. The number of rotatable bonds is 6. The number of halogens is 2. The Morgan fingerprint density at radius 3 is 2.48 bits per heavy atom. The van der Waals surface area contributed by atoms with Gasteiger partial charge < -0.3 is 14.2 Å². The van der Waals surface area contributed by atoms with E-state index in [4.69, 9.17) is 25.8 Å². The molecule has 0 radical (unpaired) electrons. The Labute approximate surface area is 128 Å². The first-order valence-electron chi connectivity index (χ1n) is 6.36. The summed E-state index contributed by atoms with van der Waals surface area (Å²) in [5.74, 6) is 1.37. The molecule has 0 heterocycles. The average Bonchev–Trinajstić information content (AvgIpc) is 2.53. The van der Waals surface area contributed by atoms with Gasteiger partial charge in [0.2, 0.25) is 0 Å². The maximum absolute atomic E-state index is 14.0. The highest BCUT2D eigenvalue weighted by Gasteiger charge is 2.10. The standard InChI is InChI=1S/C16H16ClFO3/c1-19-13-6-7-14(12(8-13)9-17)21-10-11-4-3-5-15(20-2)16(11)18/h3-8H,9-10H2,1-2H3. The summed E-state index contributed by atoms with van der Waals surface area (Å²) in [7, 11) is 3.01.